The fourth-order valence-electron chi connectivity index (χ4n) is 4.88. The maximum Gasteiger partial charge on any atom is 0.407 e. The number of hydrogen-bond acceptors (Lipinski definition) is 9. The van der Waals surface area contributed by atoms with Crippen LogP contribution in [0.25, 0.3) is 28.1 Å². The van der Waals surface area contributed by atoms with Crippen molar-refractivity contribution in [2.24, 2.45) is 0 Å². The van der Waals surface area contributed by atoms with E-state index in [0.29, 0.717) is 17.0 Å². The smallest absolute Gasteiger partial charge is 0.407 e. The molecule has 0 atom stereocenters. The molecular formula is C28H34N10O2. The Hall–Kier alpha value is -4.53. The molecule has 0 aromatic carbocycles. The number of amides is 1. The monoisotopic (exact) mass is 542 g/mol. The molecule has 208 valence electrons. The lowest BCUT2D eigenvalue weighted by atomic mass is 9.91. The average Bonchev–Trinajstić information content (AvgIpc) is 3.55. The number of nitriles is 1. The molecule has 0 radical (unpaired) electrons. The van der Waals surface area contributed by atoms with Crippen molar-refractivity contribution in [1.82, 2.24) is 40.1 Å². The van der Waals surface area contributed by atoms with Crippen LogP contribution in [-0.2, 0) is 4.74 Å². The zero-order valence-electron chi connectivity index (χ0n) is 23.4. The average molecular weight is 543 g/mol. The van der Waals surface area contributed by atoms with Crippen LogP contribution < -0.4 is 10.6 Å². The van der Waals surface area contributed by atoms with Crippen LogP contribution in [-0.4, -0.2) is 58.5 Å². The van der Waals surface area contributed by atoms with Crippen molar-refractivity contribution in [2.45, 2.75) is 84.0 Å². The van der Waals surface area contributed by atoms with E-state index in [2.05, 4.69) is 55.9 Å². The molecule has 0 bridgehead atoms. The third-order valence-corrected chi connectivity index (χ3v) is 6.67. The molecule has 5 rings (SSSR count). The van der Waals surface area contributed by atoms with Crippen LogP contribution in [0.2, 0.25) is 0 Å². The Labute approximate surface area is 232 Å². The van der Waals surface area contributed by atoms with E-state index in [0.717, 1.165) is 48.0 Å². The number of carbonyl (C=O) groups is 1. The molecule has 12 nitrogen and oxygen atoms in total. The summed E-state index contributed by atoms with van der Waals surface area (Å²) >= 11 is 0. The Morgan fingerprint density at radius 3 is 2.60 bits per heavy atom. The second kappa shape index (κ2) is 10.9. The first-order chi connectivity index (χ1) is 19.1. The number of pyridine rings is 2. The van der Waals surface area contributed by atoms with Crippen molar-refractivity contribution in [3.63, 3.8) is 0 Å². The van der Waals surface area contributed by atoms with Gasteiger partial charge in [0.05, 0.1) is 24.0 Å². The predicted octanol–water partition coefficient (Wildman–Crippen LogP) is 4.77. The van der Waals surface area contributed by atoms with Gasteiger partial charge >= 0.3 is 6.09 Å². The van der Waals surface area contributed by atoms with E-state index in [1.54, 1.807) is 23.1 Å². The third-order valence-electron chi connectivity index (χ3n) is 6.67. The molecule has 1 aliphatic carbocycles. The molecule has 4 aromatic heterocycles. The number of nitrogens with zero attached hydrogens (tertiary/aromatic N) is 8. The summed E-state index contributed by atoms with van der Waals surface area (Å²) in [7, 11) is 0. The highest BCUT2D eigenvalue weighted by Gasteiger charge is 2.27. The van der Waals surface area contributed by atoms with Crippen LogP contribution in [0.5, 0.6) is 0 Å². The van der Waals surface area contributed by atoms with E-state index in [4.69, 9.17) is 4.74 Å². The topological polar surface area (TPSA) is 148 Å². The zero-order valence-corrected chi connectivity index (χ0v) is 23.4. The van der Waals surface area contributed by atoms with Gasteiger partial charge in [-0.2, -0.15) is 15.0 Å². The van der Waals surface area contributed by atoms with Gasteiger partial charge in [0.15, 0.2) is 11.5 Å². The predicted molar refractivity (Wildman–Crippen MR) is 150 cm³/mol. The number of anilines is 1. The maximum absolute atomic E-state index is 12.1. The molecule has 4 aromatic rings. The second-order valence-corrected chi connectivity index (χ2v) is 11.4. The summed E-state index contributed by atoms with van der Waals surface area (Å²) in [5, 5.41) is 29.8. The second-order valence-electron chi connectivity index (χ2n) is 11.4. The first-order valence-electron chi connectivity index (χ1n) is 13.5. The number of rotatable bonds is 6. The molecule has 12 heteroatoms. The number of fused-ring (bicyclic) bond motifs is 1. The van der Waals surface area contributed by atoms with Gasteiger partial charge < -0.3 is 15.4 Å². The Balaban J connectivity index is 1.33. The SMILES string of the molecule is CC(C)Nc1cc(-n2ncc3cc(C#N)cnc32)ncc1-c1cn([C@H]2CC[C@H](NC(=O)OC(C)(C)C)CC2)nn1. The number of aromatic nitrogens is 7. The number of carbonyl (C=O) groups excluding carboxylic acids is 1. The summed E-state index contributed by atoms with van der Waals surface area (Å²) in [5.41, 5.74) is 3.00. The van der Waals surface area contributed by atoms with Gasteiger partial charge in [-0.25, -0.2) is 19.4 Å². The Morgan fingerprint density at radius 2 is 1.90 bits per heavy atom. The quantitative estimate of drug-likeness (QED) is 0.351. The molecule has 0 saturated heterocycles. The van der Waals surface area contributed by atoms with Crippen molar-refractivity contribution >= 4 is 22.8 Å². The minimum Gasteiger partial charge on any atom is -0.444 e. The van der Waals surface area contributed by atoms with Crippen molar-refractivity contribution in [2.75, 3.05) is 5.32 Å². The van der Waals surface area contributed by atoms with Crippen LogP contribution in [0, 0.1) is 11.3 Å². The molecule has 1 amide bonds. The van der Waals surface area contributed by atoms with E-state index < -0.39 is 5.60 Å². The highest BCUT2D eigenvalue weighted by Crippen LogP contribution is 2.32. The largest absolute Gasteiger partial charge is 0.444 e. The molecule has 1 aliphatic rings. The van der Waals surface area contributed by atoms with Gasteiger partial charge in [0.2, 0.25) is 0 Å². The van der Waals surface area contributed by atoms with E-state index in [1.807, 2.05) is 37.7 Å². The van der Waals surface area contributed by atoms with Gasteiger partial charge in [-0.05, 0) is 66.4 Å². The highest BCUT2D eigenvalue weighted by atomic mass is 16.6. The lowest BCUT2D eigenvalue weighted by Gasteiger charge is -2.29. The molecular weight excluding hydrogens is 508 g/mol. The third kappa shape index (κ3) is 6.03. The summed E-state index contributed by atoms with van der Waals surface area (Å²) in [6, 6.07) is 6.25. The summed E-state index contributed by atoms with van der Waals surface area (Å²) in [6.07, 6.45) is 10.0. The molecule has 0 spiro atoms. The van der Waals surface area contributed by atoms with Crippen LogP contribution in [0.15, 0.2) is 36.9 Å². The zero-order chi connectivity index (χ0) is 28.4. The Morgan fingerprint density at radius 1 is 1.12 bits per heavy atom. The molecule has 2 N–H and O–H groups in total. The molecule has 4 heterocycles. The summed E-state index contributed by atoms with van der Waals surface area (Å²) < 4.78 is 8.97. The summed E-state index contributed by atoms with van der Waals surface area (Å²) in [4.78, 5) is 21.2. The summed E-state index contributed by atoms with van der Waals surface area (Å²) in [6.45, 7) is 9.72. The standard InChI is InChI=1S/C28H34N10O2/c1-17(2)33-23-11-25(38-26-19(14-32-38)10-18(12-29)13-31-26)30-15-22(23)24-16-37(36-35-24)21-8-6-20(7-9-21)34-27(39)40-28(3,4)5/h10-11,13-17,20-21H,6-9H2,1-5H3,(H,30,33)(H,34,39)/t20-,21-. The molecule has 0 aliphatic heterocycles. The molecule has 40 heavy (non-hydrogen) atoms. The minimum absolute atomic E-state index is 0.0899. The number of nitrogens with one attached hydrogen (secondary N) is 2. The minimum atomic E-state index is -0.514. The van der Waals surface area contributed by atoms with E-state index in [9.17, 15) is 10.1 Å². The first-order valence-corrected chi connectivity index (χ1v) is 13.5. The lowest BCUT2D eigenvalue weighted by Crippen LogP contribution is -2.41. The first kappa shape index (κ1) is 27.1. The molecule has 1 fully saturated rings. The highest BCUT2D eigenvalue weighted by molar-refractivity contribution is 5.79. The number of ether oxygens (including phenoxy) is 1. The number of alkyl carbamates (subject to hydrolysis) is 1. The van der Waals surface area contributed by atoms with Gasteiger partial charge in [0, 0.05) is 47.2 Å². The van der Waals surface area contributed by atoms with Crippen LogP contribution in [0.4, 0.5) is 10.5 Å². The van der Waals surface area contributed by atoms with Crippen molar-refractivity contribution in [3.8, 4) is 23.1 Å². The van der Waals surface area contributed by atoms with Gasteiger partial charge in [0.25, 0.3) is 0 Å². The van der Waals surface area contributed by atoms with Crippen LogP contribution in [0.3, 0.4) is 0 Å². The fraction of sp³-hybridized carbons (Fsp3) is 0.464. The fourth-order valence-corrected chi connectivity index (χ4v) is 4.88. The van der Waals surface area contributed by atoms with Gasteiger partial charge in [-0.3, -0.25) is 0 Å². The van der Waals surface area contributed by atoms with Gasteiger partial charge in [-0.15, -0.1) is 5.10 Å². The number of hydrogen-bond donors (Lipinski definition) is 2. The van der Waals surface area contributed by atoms with Gasteiger partial charge in [-0.1, -0.05) is 5.21 Å². The van der Waals surface area contributed by atoms with E-state index >= 15 is 0 Å². The van der Waals surface area contributed by atoms with E-state index in [-0.39, 0.29) is 24.2 Å². The maximum atomic E-state index is 12.1. The Kier molecular flexibility index (Phi) is 7.38. The Bertz CT molecular complexity index is 1550. The van der Waals surface area contributed by atoms with Gasteiger partial charge in [0.1, 0.15) is 17.4 Å². The molecule has 0 unspecified atom stereocenters. The summed E-state index contributed by atoms with van der Waals surface area (Å²) in [5.74, 6) is 0.599. The van der Waals surface area contributed by atoms with Crippen molar-refractivity contribution in [1.29, 1.82) is 5.26 Å². The van der Waals surface area contributed by atoms with Crippen molar-refractivity contribution < 1.29 is 9.53 Å². The van der Waals surface area contributed by atoms with E-state index in [1.165, 1.54) is 6.20 Å². The van der Waals surface area contributed by atoms with Crippen molar-refractivity contribution in [3.05, 3.63) is 42.5 Å². The molecule has 1 saturated carbocycles. The van der Waals surface area contributed by atoms with Crippen LogP contribution in [0.1, 0.15) is 71.9 Å². The lowest BCUT2D eigenvalue weighted by molar-refractivity contribution is 0.0487. The van der Waals surface area contributed by atoms with Crippen LogP contribution >= 0.6 is 0 Å². The normalized spacial score (nSPS) is 17.5.